The van der Waals surface area contributed by atoms with E-state index in [0.717, 1.165) is 21.5 Å². The molecule has 2 aliphatic heterocycles. The summed E-state index contributed by atoms with van der Waals surface area (Å²) in [4.78, 5) is 13.2. The molecule has 2 aromatic carbocycles. The van der Waals surface area contributed by atoms with Gasteiger partial charge < -0.3 is 19.5 Å². The first-order chi connectivity index (χ1) is 13.2. The monoisotopic (exact) mass is 431 g/mol. The highest BCUT2D eigenvalue weighted by molar-refractivity contribution is 9.10. The number of amides is 1. The molecular formula is C21H22BrNO4. The molecule has 0 aliphatic carbocycles. The second-order valence-corrected chi connectivity index (χ2v) is 7.82. The van der Waals surface area contributed by atoms with Crippen molar-refractivity contribution in [1.82, 2.24) is 5.32 Å². The van der Waals surface area contributed by atoms with Crippen LogP contribution in [-0.2, 0) is 14.9 Å². The van der Waals surface area contributed by atoms with Gasteiger partial charge in [0, 0.05) is 17.7 Å². The number of halogens is 1. The molecule has 0 spiro atoms. The summed E-state index contributed by atoms with van der Waals surface area (Å²) in [6, 6.07) is 15.6. The van der Waals surface area contributed by atoms with Gasteiger partial charge in [0.2, 0.25) is 5.91 Å². The average Bonchev–Trinajstić information content (AvgIpc) is 2.73. The average molecular weight is 432 g/mol. The summed E-state index contributed by atoms with van der Waals surface area (Å²) in [6.45, 7) is 2.00. The van der Waals surface area contributed by atoms with E-state index in [0.29, 0.717) is 39.2 Å². The summed E-state index contributed by atoms with van der Waals surface area (Å²) >= 11 is 3.46. The van der Waals surface area contributed by atoms with Gasteiger partial charge in [-0.25, -0.2) is 0 Å². The van der Waals surface area contributed by atoms with Gasteiger partial charge in [-0.1, -0.05) is 40.2 Å². The van der Waals surface area contributed by atoms with E-state index in [9.17, 15) is 4.79 Å². The Morgan fingerprint density at radius 3 is 2.52 bits per heavy atom. The van der Waals surface area contributed by atoms with Crippen LogP contribution in [0.5, 0.6) is 11.5 Å². The molecule has 1 unspecified atom stereocenters. The molecule has 0 saturated carbocycles. The third kappa shape index (κ3) is 3.82. The van der Waals surface area contributed by atoms with E-state index in [-0.39, 0.29) is 12.0 Å². The molecule has 1 amide bonds. The van der Waals surface area contributed by atoms with Crippen molar-refractivity contribution in [3.63, 3.8) is 0 Å². The number of fused-ring (bicyclic) bond motifs is 1. The van der Waals surface area contributed by atoms with E-state index >= 15 is 0 Å². The van der Waals surface area contributed by atoms with Crippen molar-refractivity contribution in [2.24, 2.45) is 0 Å². The molecule has 27 heavy (non-hydrogen) atoms. The van der Waals surface area contributed by atoms with E-state index in [1.807, 2.05) is 48.5 Å². The van der Waals surface area contributed by atoms with Crippen LogP contribution in [-0.4, -0.2) is 38.4 Å². The largest absolute Gasteiger partial charge is 0.486 e. The molecule has 1 atom stereocenters. The van der Waals surface area contributed by atoms with Crippen molar-refractivity contribution >= 4 is 21.8 Å². The van der Waals surface area contributed by atoms with Gasteiger partial charge in [0.25, 0.3) is 0 Å². The Bertz CT molecular complexity index is 802. The van der Waals surface area contributed by atoms with Crippen LogP contribution in [0.4, 0.5) is 0 Å². The van der Waals surface area contributed by atoms with Crippen LogP contribution >= 0.6 is 15.9 Å². The molecule has 2 aliphatic rings. The standard InChI is InChI=1S/C21H22BrNO4/c22-16-7-5-15(6-8-16)21(9-11-25-12-10-21)20(24)23-13-17-14-26-18-3-1-2-4-19(18)27-17/h1-8,17H,9-14H2,(H,23,24). The molecule has 1 saturated heterocycles. The molecule has 4 rings (SSSR count). The van der Waals surface area contributed by atoms with Crippen LogP contribution in [0.1, 0.15) is 18.4 Å². The van der Waals surface area contributed by atoms with Crippen molar-refractivity contribution < 1.29 is 19.0 Å². The number of benzene rings is 2. The minimum Gasteiger partial charge on any atom is -0.486 e. The number of nitrogens with one attached hydrogen (secondary N) is 1. The fraction of sp³-hybridized carbons (Fsp3) is 0.381. The van der Waals surface area contributed by atoms with Gasteiger partial charge in [-0.3, -0.25) is 4.79 Å². The van der Waals surface area contributed by atoms with Gasteiger partial charge in [0.15, 0.2) is 11.5 Å². The van der Waals surface area contributed by atoms with Crippen molar-refractivity contribution in [1.29, 1.82) is 0 Å². The third-order valence-electron chi connectivity index (χ3n) is 5.24. The number of hydrogen-bond acceptors (Lipinski definition) is 4. The van der Waals surface area contributed by atoms with E-state index in [2.05, 4.69) is 21.2 Å². The molecule has 2 heterocycles. The van der Waals surface area contributed by atoms with Crippen molar-refractivity contribution in [2.45, 2.75) is 24.4 Å². The predicted molar refractivity (Wildman–Crippen MR) is 105 cm³/mol. The summed E-state index contributed by atoms with van der Waals surface area (Å²) in [6.07, 6.45) is 1.14. The first-order valence-electron chi connectivity index (χ1n) is 9.18. The van der Waals surface area contributed by atoms with Crippen molar-refractivity contribution in [3.8, 4) is 11.5 Å². The highest BCUT2D eigenvalue weighted by atomic mass is 79.9. The SMILES string of the molecule is O=C(NCC1COc2ccccc2O1)C1(c2ccc(Br)cc2)CCOCC1. The Balaban J connectivity index is 1.46. The number of carbonyl (C=O) groups excluding carboxylic acids is 1. The van der Waals surface area contributed by atoms with E-state index in [1.165, 1.54) is 0 Å². The smallest absolute Gasteiger partial charge is 0.230 e. The van der Waals surface area contributed by atoms with Crippen LogP contribution in [0.2, 0.25) is 0 Å². The normalized spacial score (nSPS) is 20.7. The Morgan fingerprint density at radius 2 is 1.78 bits per heavy atom. The minimum atomic E-state index is -0.563. The lowest BCUT2D eigenvalue weighted by atomic mass is 9.73. The third-order valence-corrected chi connectivity index (χ3v) is 5.76. The topological polar surface area (TPSA) is 56.8 Å². The lowest BCUT2D eigenvalue weighted by Crippen LogP contribution is -2.51. The summed E-state index contributed by atoms with van der Waals surface area (Å²) in [5.74, 6) is 1.49. The predicted octanol–water partition coefficient (Wildman–Crippen LogP) is 3.45. The molecule has 1 N–H and O–H groups in total. The van der Waals surface area contributed by atoms with Gasteiger partial charge in [0.1, 0.15) is 12.7 Å². The molecule has 6 heteroatoms. The molecule has 0 aromatic heterocycles. The first kappa shape index (κ1) is 18.3. The van der Waals surface area contributed by atoms with Gasteiger partial charge in [-0.05, 0) is 42.7 Å². The number of hydrogen-bond donors (Lipinski definition) is 1. The van der Waals surface area contributed by atoms with Gasteiger partial charge in [0.05, 0.1) is 12.0 Å². The zero-order chi connectivity index (χ0) is 18.7. The lowest BCUT2D eigenvalue weighted by Gasteiger charge is -2.37. The summed E-state index contributed by atoms with van der Waals surface area (Å²) in [5, 5.41) is 3.10. The second-order valence-electron chi connectivity index (χ2n) is 6.91. The fourth-order valence-electron chi connectivity index (χ4n) is 3.68. The van der Waals surface area contributed by atoms with Crippen molar-refractivity contribution in [3.05, 3.63) is 58.6 Å². The van der Waals surface area contributed by atoms with Crippen LogP contribution in [0.15, 0.2) is 53.0 Å². The Labute approximate surface area is 167 Å². The molecule has 0 radical (unpaired) electrons. The van der Waals surface area contributed by atoms with Crippen LogP contribution in [0, 0.1) is 0 Å². The summed E-state index contributed by atoms with van der Waals surface area (Å²) in [5.41, 5.74) is 0.462. The maximum Gasteiger partial charge on any atom is 0.230 e. The number of para-hydroxylation sites is 2. The Kier molecular flexibility index (Phi) is 5.36. The molecular weight excluding hydrogens is 410 g/mol. The van der Waals surface area contributed by atoms with Crippen LogP contribution < -0.4 is 14.8 Å². The van der Waals surface area contributed by atoms with Gasteiger partial charge in [-0.2, -0.15) is 0 Å². The number of ether oxygens (including phenoxy) is 3. The first-order valence-corrected chi connectivity index (χ1v) is 9.97. The Morgan fingerprint density at radius 1 is 1.07 bits per heavy atom. The van der Waals surface area contributed by atoms with E-state index in [4.69, 9.17) is 14.2 Å². The number of rotatable bonds is 4. The maximum atomic E-state index is 13.2. The van der Waals surface area contributed by atoms with E-state index < -0.39 is 5.41 Å². The minimum absolute atomic E-state index is 0.0237. The highest BCUT2D eigenvalue weighted by Crippen LogP contribution is 2.36. The number of carbonyl (C=O) groups is 1. The van der Waals surface area contributed by atoms with Gasteiger partial charge in [-0.15, -0.1) is 0 Å². The van der Waals surface area contributed by atoms with Crippen LogP contribution in [0.3, 0.4) is 0 Å². The summed E-state index contributed by atoms with van der Waals surface area (Å²) < 4.78 is 18.2. The lowest BCUT2D eigenvalue weighted by molar-refractivity contribution is -0.131. The molecule has 2 aromatic rings. The quantitative estimate of drug-likeness (QED) is 0.805. The second kappa shape index (κ2) is 7.90. The maximum absolute atomic E-state index is 13.2. The van der Waals surface area contributed by atoms with Crippen molar-refractivity contribution in [2.75, 3.05) is 26.4 Å². The molecule has 142 valence electrons. The zero-order valence-electron chi connectivity index (χ0n) is 14.9. The molecule has 5 nitrogen and oxygen atoms in total. The van der Waals surface area contributed by atoms with Crippen LogP contribution in [0.25, 0.3) is 0 Å². The summed E-state index contributed by atoms with van der Waals surface area (Å²) in [7, 11) is 0. The Hall–Kier alpha value is -2.05. The fourth-order valence-corrected chi connectivity index (χ4v) is 3.94. The highest BCUT2D eigenvalue weighted by Gasteiger charge is 2.41. The van der Waals surface area contributed by atoms with Gasteiger partial charge >= 0.3 is 0 Å². The molecule has 0 bridgehead atoms. The zero-order valence-corrected chi connectivity index (χ0v) is 16.5. The van der Waals surface area contributed by atoms with E-state index in [1.54, 1.807) is 0 Å². The molecule has 1 fully saturated rings.